The van der Waals surface area contributed by atoms with Crippen LogP contribution in [0.25, 0.3) is 98.8 Å². The maximum atomic E-state index is 6.57. The van der Waals surface area contributed by atoms with Crippen LogP contribution in [-0.4, -0.2) is 0 Å². The summed E-state index contributed by atoms with van der Waals surface area (Å²) in [6.07, 6.45) is 0. The summed E-state index contributed by atoms with van der Waals surface area (Å²) >= 11 is 0. The molecular weight excluding hydrogens is 719 g/mol. The minimum absolute atomic E-state index is 0.860. The number of benzene rings is 10. The molecule has 0 aliphatic heterocycles. The molecule has 2 aromatic heterocycles. The van der Waals surface area contributed by atoms with Crippen LogP contribution in [0.15, 0.2) is 221 Å². The van der Waals surface area contributed by atoms with E-state index >= 15 is 0 Å². The predicted molar refractivity (Wildman–Crippen MR) is 247 cm³/mol. The Bertz CT molecular complexity index is 3540. The zero-order valence-electron chi connectivity index (χ0n) is 32.0. The van der Waals surface area contributed by atoms with Crippen LogP contribution in [0.2, 0.25) is 0 Å². The van der Waals surface area contributed by atoms with Crippen molar-refractivity contribution in [2.45, 2.75) is 0 Å². The minimum atomic E-state index is 0.860. The van der Waals surface area contributed by atoms with Gasteiger partial charge in [0.05, 0.1) is 5.69 Å². The molecule has 276 valence electrons. The standard InChI is InChI=1S/C56H35NO2/c1-2-11-36(12-3-1)37-23-28-42(29-24-37)57(43-30-25-39(26-31-43)46-17-10-20-52-55(46)47-15-6-8-18-50(47)58-52)49-33-34-53-56(48-16-7-9-19-51(48)59-53)54(49)41-27-32-45-40(35-41)22-21-38-13-4-5-14-44(38)45/h1-35H. The highest BCUT2D eigenvalue weighted by Gasteiger charge is 2.23. The zero-order valence-corrected chi connectivity index (χ0v) is 32.0. The van der Waals surface area contributed by atoms with Crippen molar-refractivity contribution in [3.63, 3.8) is 0 Å². The molecule has 2 heterocycles. The molecule has 12 rings (SSSR count). The average Bonchev–Trinajstić information content (AvgIpc) is 3.88. The van der Waals surface area contributed by atoms with E-state index in [1.807, 2.05) is 18.2 Å². The van der Waals surface area contributed by atoms with Crippen LogP contribution in [0.4, 0.5) is 17.1 Å². The molecule has 3 heteroatoms. The molecule has 12 aromatic rings. The normalized spacial score (nSPS) is 11.7. The van der Waals surface area contributed by atoms with Crippen LogP contribution in [-0.2, 0) is 0 Å². The van der Waals surface area contributed by atoms with E-state index in [-0.39, 0.29) is 0 Å². The molecule has 10 aromatic carbocycles. The minimum Gasteiger partial charge on any atom is -0.456 e. The molecule has 0 bridgehead atoms. The van der Waals surface area contributed by atoms with Gasteiger partial charge in [0.15, 0.2) is 0 Å². The SMILES string of the molecule is c1ccc(-c2ccc(N(c3ccc(-c4cccc5oc6ccccc6c45)cc3)c3ccc4oc5ccccc5c4c3-c3ccc4c(ccc5ccccc54)c3)cc2)cc1. The number of rotatable bonds is 6. The summed E-state index contributed by atoms with van der Waals surface area (Å²) in [4.78, 5) is 2.40. The van der Waals surface area contributed by atoms with Crippen LogP contribution < -0.4 is 4.90 Å². The Morgan fingerprint density at radius 1 is 0.305 bits per heavy atom. The molecular formula is C56H35NO2. The molecule has 0 aliphatic carbocycles. The van der Waals surface area contributed by atoms with Crippen molar-refractivity contribution < 1.29 is 8.83 Å². The zero-order chi connectivity index (χ0) is 38.9. The second-order valence-corrected chi connectivity index (χ2v) is 15.2. The quantitative estimate of drug-likeness (QED) is 0.158. The first-order chi connectivity index (χ1) is 29.2. The Labute approximate surface area is 340 Å². The summed E-state index contributed by atoms with van der Waals surface area (Å²) in [5.41, 5.74) is 13.6. The van der Waals surface area contributed by atoms with E-state index in [1.165, 1.54) is 32.7 Å². The van der Waals surface area contributed by atoms with Crippen molar-refractivity contribution in [1.82, 2.24) is 0 Å². The molecule has 0 radical (unpaired) electrons. The number of hydrogen-bond acceptors (Lipinski definition) is 3. The van der Waals surface area contributed by atoms with Gasteiger partial charge < -0.3 is 13.7 Å². The molecule has 0 saturated heterocycles. The molecule has 0 aliphatic rings. The van der Waals surface area contributed by atoms with E-state index in [2.05, 4.69) is 199 Å². The smallest absolute Gasteiger partial charge is 0.136 e. The lowest BCUT2D eigenvalue weighted by molar-refractivity contribution is 0.668. The highest BCUT2D eigenvalue weighted by Crippen LogP contribution is 2.48. The first-order valence-electron chi connectivity index (χ1n) is 20.1. The number of fused-ring (bicyclic) bond motifs is 9. The third kappa shape index (κ3) is 5.44. The number of hydrogen-bond donors (Lipinski definition) is 0. The average molecular weight is 754 g/mol. The topological polar surface area (TPSA) is 29.5 Å². The second kappa shape index (κ2) is 13.4. The highest BCUT2D eigenvalue weighted by molar-refractivity contribution is 6.18. The van der Waals surface area contributed by atoms with Gasteiger partial charge in [-0.2, -0.15) is 0 Å². The Hall–Kier alpha value is -7.88. The predicted octanol–water partition coefficient (Wildman–Crippen LogP) is 16.3. The van der Waals surface area contributed by atoms with Gasteiger partial charge in [0.2, 0.25) is 0 Å². The molecule has 0 fully saturated rings. The van der Waals surface area contributed by atoms with Gasteiger partial charge in [-0.05, 0) is 110 Å². The van der Waals surface area contributed by atoms with Crippen molar-refractivity contribution in [1.29, 1.82) is 0 Å². The number of para-hydroxylation sites is 2. The largest absolute Gasteiger partial charge is 0.456 e. The lowest BCUT2D eigenvalue weighted by atomic mass is 9.93. The molecule has 3 nitrogen and oxygen atoms in total. The summed E-state index contributed by atoms with van der Waals surface area (Å²) in [6, 6.07) is 75.8. The summed E-state index contributed by atoms with van der Waals surface area (Å²) in [5.74, 6) is 0. The van der Waals surface area contributed by atoms with Crippen molar-refractivity contribution >= 4 is 82.5 Å². The number of furan rings is 2. The van der Waals surface area contributed by atoms with E-state index in [0.717, 1.165) is 83.2 Å². The molecule has 59 heavy (non-hydrogen) atoms. The van der Waals surface area contributed by atoms with Gasteiger partial charge in [-0.15, -0.1) is 0 Å². The Morgan fingerprint density at radius 3 is 1.59 bits per heavy atom. The van der Waals surface area contributed by atoms with Gasteiger partial charge in [0.25, 0.3) is 0 Å². The van der Waals surface area contributed by atoms with Crippen LogP contribution in [0, 0.1) is 0 Å². The molecule has 0 saturated carbocycles. The van der Waals surface area contributed by atoms with E-state index in [0.29, 0.717) is 0 Å². The summed E-state index contributed by atoms with van der Waals surface area (Å²) < 4.78 is 12.8. The summed E-state index contributed by atoms with van der Waals surface area (Å²) in [7, 11) is 0. The van der Waals surface area contributed by atoms with Crippen LogP contribution in [0.5, 0.6) is 0 Å². The number of anilines is 3. The van der Waals surface area contributed by atoms with Crippen LogP contribution in [0.3, 0.4) is 0 Å². The molecule has 0 unspecified atom stereocenters. The molecule has 0 atom stereocenters. The van der Waals surface area contributed by atoms with Gasteiger partial charge >= 0.3 is 0 Å². The Morgan fingerprint density at radius 2 is 0.847 bits per heavy atom. The van der Waals surface area contributed by atoms with Crippen molar-refractivity contribution in [3.8, 4) is 33.4 Å². The lowest BCUT2D eigenvalue weighted by Gasteiger charge is -2.29. The second-order valence-electron chi connectivity index (χ2n) is 15.2. The molecule has 0 amide bonds. The third-order valence-electron chi connectivity index (χ3n) is 11.9. The summed E-state index contributed by atoms with van der Waals surface area (Å²) in [5, 5.41) is 9.37. The van der Waals surface area contributed by atoms with Gasteiger partial charge in [-0.25, -0.2) is 0 Å². The van der Waals surface area contributed by atoms with E-state index < -0.39 is 0 Å². The highest BCUT2D eigenvalue weighted by atomic mass is 16.3. The maximum absolute atomic E-state index is 6.57. The fourth-order valence-corrected chi connectivity index (χ4v) is 9.12. The van der Waals surface area contributed by atoms with Gasteiger partial charge in [0.1, 0.15) is 22.3 Å². The Kier molecular flexibility index (Phi) is 7.54. The first-order valence-corrected chi connectivity index (χ1v) is 20.1. The van der Waals surface area contributed by atoms with Crippen molar-refractivity contribution in [3.05, 3.63) is 212 Å². The van der Waals surface area contributed by atoms with Gasteiger partial charge in [-0.1, -0.05) is 152 Å². The van der Waals surface area contributed by atoms with Gasteiger partial charge in [-0.3, -0.25) is 0 Å². The summed E-state index contributed by atoms with van der Waals surface area (Å²) in [6.45, 7) is 0. The fourth-order valence-electron chi connectivity index (χ4n) is 9.12. The Balaban J connectivity index is 1.09. The van der Waals surface area contributed by atoms with Gasteiger partial charge in [0, 0.05) is 38.5 Å². The van der Waals surface area contributed by atoms with E-state index in [4.69, 9.17) is 8.83 Å². The van der Waals surface area contributed by atoms with Crippen molar-refractivity contribution in [2.24, 2.45) is 0 Å². The molecule has 0 spiro atoms. The van der Waals surface area contributed by atoms with E-state index in [9.17, 15) is 0 Å². The van der Waals surface area contributed by atoms with E-state index in [1.54, 1.807) is 0 Å². The maximum Gasteiger partial charge on any atom is 0.136 e. The van der Waals surface area contributed by atoms with Crippen LogP contribution in [0.1, 0.15) is 0 Å². The third-order valence-corrected chi connectivity index (χ3v) is 11.9. The fraction of sp³-hybridized carbons (Fsp3) is 0. The van der Waals surface area contributed by atoms with Crippen LogP contribution >= 0.6 is 0 Å². The molecule has 0 N–H and O–H groups in total. The first kappa shape index (κ1) is 33.3. The van der Waals surface area contributed by atoms with Crippen molar-refractivity contribution in [2.75, 3.05) is 4.90 Å². The number of nitrogens with zero attached hydrogens (tertiary/aromatic N) is 1. The monoisotopic (exact) mass is 753 g/mol. The lowest BCUT2D eigenvalue weighted by Crippen LogP contribution is -2.11.